The Morgan fingerprint density at radius 2 is 0.850 bits per heavy atom. The average molecular weight is 368 g/mol. The summed E-state index contributed by atoms with van der Waals surface area (Å²) in [4.78, 5) is 0. The van der Waals surface area contributed by atoms with E-state index < -0.39 is 7.26 Å². The molecule has 0 aliphatic rings. The molecule has 0 aromatic carbocycles. The van der Waals surface area contributed by atoms with Gasteiger partial charge in [-0.15, -0.1) is 17.0 Å². The van der Waals surface area contributed by atoms with Crippen LogP contribution in [0.3, 0.4) is 0 Å². The molecular formula is C18H41BrP+. The van der Waals surface area contributed by atoms with E-state index >= 15 is 0 Å². The van der Waals surface area contributed by atoms with Gasteiger partial charge in [-0.3, -0.25) is 0 Å². The molecule has 0 aromatic rings. The van der Waals surface area contributed by atoms with E-state index in [1.807, 2.05) is 0 Å². The summed E-state index contributed by atoms with van der Waals surface area (Å²) in [6.45, 7) is 9.58. The van der Waals surface area contributed by atoms with Gasteiger partial charge >= 0.3 is 0 Å². The molecule has 0 saturated heterocycles. The lowest BCUT2D eigenvalue weighted by Gasteiger charge is -2.23. The summed E-state index contributed by atoms with van der Waals surface area (Å²) < 4.78 is 0. The van der Waals surface area contributed by atoms with Crippen LogP contribution in [0.1, 0.15) is 91.9 Å². The number of rotatable bonds is 14. The molecule has 0 aromatic heterocycles. The molecule has 0 atom stereocenters. The van der Waals surface area contributed by atoms with E-state index in [0.29, 0.717) is 0 Å². The van der Waals surface area contributed by atoms with E-state index in [-0.39, 0.29) is 17.0 Å². The largest absolute Gasteiger partial charge is 0.114 e. The Morgan fingerprint density at radius 3 is 1.20 bits per heavy atom. The van der Waals surface area contributed by atoms with Crippen LogP contribution in [0.2, 0.25) is 0 Å². The lowest BCUT2D eigenvalue weighted by atomic mass is 10.1. The third-order valence-corrected chi connectivity index (χ3v) is 10.3. The van der Waals surface area contributed by atoms with Crippen molar-refractivity contribution in [3.63, 3.8) is 0 Å². The van der Waals surface area contributed by atoms with Gasteiger partial charge in [0.1, 0.15) is 0 Å². The minimum atomic E-state index is -0.513. The fourth-order valence-electron chi connectivity index (χ4n) is 3.08. The van der Waals surface area contributed by atoms with Gasteiger partial charge in [-0.2, -0.15) is 0 Å². The lowest BCUT2D eigenvalue weighted by molar-refractivity contribution is 0.562. The first-order valence-electron chi connectivity index (χ1n) is 9.09. The standard InChI is InChI=1S/C18H40P.BrH/c1-5-9-10-11-12-13-14-15-16-17-18-19(6-2,7-3)8-4;/h5-18H2,1-4H3;1H/q+1;. The quantitative estimate of drug-likeness (QED) is 0.219. The molecule has 20 heavy (non-hydrogen) atoms. The van der Waals surface area contributed by atoms with Gasteiger partial charge in [0.25, 0.3) is 0 Å². The monoisotopic (exact) mass is 367 g/mol. The molecular weight excluding hydrogens is 327 g/mol. The molecule has 0 aliphatic carbocycles. The number of hydrogen-bond donors (Lipinski definition) is 0. The van der Waals surface area contributed by atoms with Crippen molar-refractivity contribution in [1.82, 2.24) is 0 Å². The second kappa shape index (κ2) is 16.3. The zero-order valence-electron chi connectivity index (χ0n) is 14.8. The van der Waals surface area contributed by atoms with Crippen LogP contribution in [-0.4, -0.2) is 24.6 Å². The maximum atomic E-state index is 2.43. The van der Waals surface area contributed by atoms with Gasteiger partial charge in [-0.05, 0) is 33.6 Å². The van der Waals surface area contributed by atoms with Crippen molar-refractivity contribution in [3.05, 3.63) is 0 Å². The summed E-state index contributed by atoms with van der Waals surface area (Å²) in [5.74, 6) is 0. The van der Waals surface area contributed by atoms with Gasteiger partial charge < -0.3 is 0 Å². The predicted octanol–water partition coefficient (Wildman–Crippen LogP) is 7.56. The van der Waals surface area contributed by atoms with E-state index in [9.17, 15) is 0 Å². The molecule has 0 unspecified atom stereocenters. The van der Waals surface area contributed by atoms with Crippen molar-refractivity contribution >= 4 is 24.2 Å². The third-order valence-electron chi connectivity index (χ3n) is 5.00. The first kappa shape index (κ1) is 23.2. The van der Waals surface area contributed by atoms with Crippen molar-refractivity contribution in [1.29, 1.82) is 0 Å². The van der Waals surface area contributed by atoms with E-state index in [4.69, 9.17) is 0 Å². The van der Waals surface area contributed by atoms with Crippen LogP contribution in [0.15, 0.2) is 0 Å². The average Bonchev–Trinajstić information content (AvgIpc) is 2.46. The molecule has 0 N–H and O–H groups in total. The van der Waals surface area contributed by atoms with Crippen LogP contribution < -0.4 is 0 Å². The highest BCUT2D eigenvalue weighted by Crippen LogP contribution is 2.58. The number of unbranched alkanes of at least 4 members (excludes halogenated alkanes) is 9. The minimum absolute atomic E-state index is 0. The Kier molecular flexibility index (Phi) is 18.9. The van der Waals surface area contributed by atoms with Crippen molar-refractivity contribution in [3.8, 4) is 0 Å². The summed E-state index contributed by atoms with van der Waals surface area (Å²) in [5.41, 5.74) is 0. The second-order valence-electron chi connectivity index (χ2n) is 6.20. The maximum absolute atomic E-state index is 2.43. The Bertz CT molecular complexity index is 170. The van der Waals surface area contributed by atoms with Crippen LogP contribution >= 0.6 is 24.2 Å². The number of halogens is 1. The van der Waals surface area contributed by atoms with Crippen LogP contribution in [-0.2, 0) is 0 Å². The van der Waals surface area contributed by atoms with Gasteiger partial charge in [0, 0.05) is 7.26 Å². The first-order chi connectivity index (χ1) is 9.24. The fourth-order valence-corrected chi connectivity index (χ4v) is 6.26. The smallest absolute Gasteiger partial charge is 0.0594 e. The van der Waals surface area contributed by atoms with Gasteiger partial charge in [0.15, 0.2) is 0 Å². The minimum Gasteiger partial charge on any atom is -0.114 e. The molecule has 0 aliphatic heterocycles. The Labute approximate surface area is 141 Å². The molecule has 0 saturated carbocycles. The molecule has 0 fully saturated rings. The summed E-state index contributed by atoms with van der Waals surface area (Å²) >= 11 is 0. The van der Waals surface area contributed by atoms with E-state index in [1.165, 1.54) is 82.7 Å². The fraction of sp³-hybridized carbons (Fsp3) is 1.00. The van der Waals surface area contributed by atoms with Crippen LogP contribution in [0, 0.1) is 0 Å². The highest BCUT2D eigenvalue weighted by Gasteiger charge is 2.29. The third kappa shape index (κ3) is 11.6. The Balaban J connectivity index is 0. The van der Waals surface area contributed by atoms with Crippen LogP contribution in [0.25, 0.3) is 0 Å². The van der Waals surface area contributed by atoms with E-state index in [1.54, 1.807) is 6.16 Å². The lowest BCUT2D eigenvalue weighted by Crippen LogP contribution is -2.07. The Hall–Kier alpha value is 0.910. The zero-order valence-corrected chi connectivity index (χ0v) is 17.4. The summed E-state index contributed by atoms with van der Waals surface area (Å²) in [5, 5.41) is 0. The first-order valence-corrected chi connectivity index (χ1v) is 11.6. The van der Waals surface area contributed by atoms with Crippen molar-refractivity contribution in [2.75, 3.05) is 24.6 Å². The highest BCUT2D eigenvalue weighted by molar-refractivity contribution is 8.93. The van der Waals surface area contributed by atoms with E-state index in [2.05, 4.69) is 27.7 Å². The molecule has 2 heteroatoms. The van der Waals surface area contributed by atoms with Crippen LogP contribution in [0.5, 0.6) is 0 Å². The molecule has 0 nitrogen and oxygen atoms in total. The molecule has 0 bridgehead atoms. The molecule has 0 heterocycles. The molecule has 0 rings (SSSR count). The Morgan fingerprint density at radius 1 is 0.500 bits per heavy atom. The molecule has 0 spiro atoms. The molecule has 124 valence electrons. The summed E-state index contributed by atoms with van der Waals surface area (Å²) in [6, 6.07) is 0. The molecule has 0 radical (unpaired) electrons. The topological polar surface area (TPSA) is 0 Å². The maximum Gasteiger partial charge on any atom is 0.0594 e. The van der Waals surface area contributed by atoms with E-state index in [0.717, 1.165) is 0 Å². The van der Waals surface area contributed by atoms with Gasteiger partial charge in [-0.1, -0.05) is 58.3 Å². The van der Waals surface area contributed by atoms with Crippen molar-refractivity contribution < 1.29 is 0 Å². The zero-order chi connectivity index (χ0) is 14.4. The summed E-state index contributed by atoms with van der Waals surface area (Å²) in [6.07, 6.45) is 20.7. The number of hydrogen-bond acceptors (Lipinski definition) is 0. The SMILES string of the molecule is Br.CCCCCCCCCCCC[P+](CC)(CC)CC. The van der Waals surface area contributed by atoms with Crippen LogP contribution in [0.4, 0.5) is 0 Å². The summed E-state index contributed by atoms with van der Waals surface area (Å²) in [7, 11) is -0.513. The van der Waals surface area contributed by atoms with Gasteiger partial charge in [0.2, 0.25) is 0 Å². The van der Waals surface area contributed by atoms with Gasteiger partial charge in [0.05, 0.1) is 24.6 Å². The second-order valence-corrected chi connectivity index (χ2v) is 11.2. The van der Waals surface area contributed by atoms with Crippen molar-refractivity contribution in [2.45, 2.75) is 91.9 Å². The molecule has 0 amide bonds. The van der Waals surface area contributed by atoms with Crippen molar-refractivity contribution in [2.24, 2.45) is 0 Å². The predicted molar refractivity (Wildman–Crippen MR) is 106 cm³/mol. The normalized spacial score (nSPS) is 11.4. The van der Waals surface area contributed by atoms with Gasteiger partial charge in [-0.25, -0.2) is 0 Å². The highest BCUT2D eigenvalue weighted by atomic mass is 79.9.